The summed E-state index contributed by atoms with van der Waals surface area (Å²) in [6, 6.07) is 17.5. The predicted octanol–water partition coefficient (Wildman–Crippen LogP) is 7.78. The Balaban J connectivity index is 1.55. The molecular weight excluding hydrogens is 684 g/mol. The first-order valence-electron chi connectivity index (χ1n) is 17.9. The topological polar surface area (TPSA) is 109 Å². The molecule has 11 nitrogen and oxygen atoms in total. The molecule has 2 aromatic rings. The number of aliphatic hydroxyl groups is 1. The third-order valence-electron chi connectivity index (χ3n) is 10.4. The van der Waals surface area contributed by atoms with Crippen LogP contribution in [0.5, 0.6) is 11.5 Å². The highest BCUT2D eigenvalue weighted by Crippen LogP contribution is 2.46. The number of benzene rings is 2. The number of hydrogen-bond donors (Lipinski definition) is 1. The summed E-state index contributed by atoms with van der Waals surface area (Å²) in [6.07, 6.45) is 4.05. The average molecular weight is 734 g/mol. The first-order valence-corrected chi connectivity index (χ1v) is 17.9. The third kappa shape index (κ3) is 9.56. The standard InChI is InChI=1S/C43H49N4O7/c1-28-10-20-40(53-31(4)48)38(24-28)42(45-7,29(2)44-6)26-34-13-18-37(19-14-34)52-23-22-47-30(3)43(46-8,27-33-11-16-36(51-9)17-12-33)39-25-35(50)15-21-41(39)54-32(5)49/h6-7,11-19,21,28,35,38-41,50H,2-3,10,20,23-27H2,1,4-5,9H3/q+3/t28-,35-,38-,39-,40-,41-,42?,43?/m0/s1. The summed E-state index contributed by atoms with van der Waals surface area (Å²) in [5, 5.41) is 10.6. The lowest BCUT2D eigenvalue weighted by Crippen LogP contribution is -2.48. The molecule has 0 aliphatic heterocycles. The van der Waals surface area contributed by atoms with Crippen molar-refractivity contribution in [2.75, 3.05) is 13.7 Å². The van der Waals surface area contributed by atoms with Crippen LogP contribution in [0.2, 0.25) is 0 Å². The quantitative estimate of drug-likeness (QED) is 0.127. The number of carbonyl (C=O) groups is 2. The average Bonchev–Trinajstić information content (AvgIpc) is 3.16. The Morgan fingerprint density at radius 3 is 2.06 bits per heavy atom. The molecule has 11 heteroatoms. The Labute approximate surface area is 318 Å². The first-order chi connectivity index (χ1) is 25.8. The van der Waals surface area contributed by atoms with Gasteiger partial charge in [0.15, 0.2) is 0 Å². The summed E-state index contributed by atoms with van der Waals surface area (Å²) in [5.74, 6) is -0.293. The molecular formula is C43H49N4O7+3. The van der Waals surface area contributed by atoms with Gasteiger partial charge in [-0.25, -0.2) is 6.57 Å². The molecule has 4 rings (SSSR count). The number of ether oxygens (including phenoxy) is 4. The van der Waals surface area contributed by atoms with E-state index in [1.54, 1.807) is 43.5 Å². The van der Waals surface area contributed by atoms with E-state index in [1.807, 2.05) is 24.3 Å². The van der Waals surface area contributed by atoms with Crippen LogP contribution in [0.25, 0.3) is 19.4 Å². The Morgan fingerprint density at radius 2 is 1.50 bits per heavy atom. The van der Waals surface area contributed by atoms with Gasteiger partial charge in [-0.2, -0.15) is 0 Å². The first kappa shape index (κ1) is 40.9. The number of carbonyl (C=O) groups excluding carboxylic acids is 2. The van der Waals surface area contributed by atoms with Crippen LogP contribution in [0.15, 0.2) is 85.2 Å². The second-order valence-electron chi connectivity index (χ2n) is 14.1. The Bertz CT molecular complexity index is 1930. The van der Waals surface area contributed by atoms with Crippen molar-refractivity contribution in [3.05, 3.63) is 122 Å². The molecule has 1 N–H and O–H groups in total. The number of aliphatic hydroxyl groups excluding tert-OH is 1. The van der Waals surface area contributed by atoms with Crippen molar-refractivity contribution in [1.82, 2.24) is 0 Å². The lowest BCUT2D eigenvalue weighted by atomic mass is 9.66. The van der Waals surface area contributed by atoms with E-state index in [1.165, 1.54) is 13.8 Å². The van der Waals surface area contributed by atoms with Crippen LogP contribution in [0.4, 0.5) is 0 Å². The highest BCUT2D eigenvalue weighted by Gasteiger charge is 2.63. The van der Waals surface area contributed by atoms with E-state index in [4.69, 9.17) is 38.7 Å². The van der Waals surface area contributed by atoms with E-state index in [0.717, 1.165) is 17.5 Å². The maximum absolute atomic E-state index is 12.1. The van der Waals surface area contributed by atoms with Crippen molar-refractivity contribution in [2.45, 2.75) is 88.7 Å². The Kier molecular flexibility index (Phi) is 13.8. The lowest BCUT2D eigenvalue weighted by Gasteiger charge is -2.36. The molecule has 2 aromatic carbocycles. The molecule has 0 saturated heterocycles. The van der Waals surface area contributed by atoms with E-state index in [9.17, 15) is 14.7 Å². The van der Waals surface area contributed by atoms with Gasteiger partial charge in [0.05, 0.1) is 37.9 Å². The number of esters is 2. The van der Waals surface area contributed by atoms with Crippen molar-refractivity contribution in [3.8, 4) is 30.7 Å². The molecule has 280 valence electrons. The van der Waals surface area contributed by atoms with Gasteiger partial charge < -0.3 is 24.1 Å². The van der Waals surface area contributed by atoms with E-state index in [0.29, 0.717) is 42.4 Å². The second-order valence-corrected chi connectivity index (χ2v) is 14.1. The molecule has 1 fully saturated rings. The molecule has 2 aliphatic carbocycles. The molecule has 8 atom stereocenters. The van der Waals surface area contributed by atoms with Crippen molar-refractivity contribution in [1.29, 1.82) is 0 Å². The van der Waals surface area contributed by atoms with Crippen LogP contribution in [-0.2, 0) is 31.9 Å². The molecule has 1 saturated carbocycles. The minimum Gasteiger partial charge on any atom is -0.497 e. The van der Waals surface area contributed by atoms with Gasteiger partial charge in [0.2, 0.25) is 6.61 Å². The predicted molar refractivity (Wildman–Crippen MR) is 207 cm³/mol. The highest BCUT2D eigenvalue weighted by atomic mass is 16.5. The van der Waals surface area contributed by atoms with Gasteiger partial charge in [0.1, 0.15) is 23.7 Å². The van der Waals surface area contributed by atoms with Gasteiger partial charge in [0.25, 0.3) is 13.1 Å². The summed E-state index contributed by atoms with van der Waals surface area (Å²) < 4.78 is 22.6. The maximum Gasteiger partial charge on any atom is 0.399 e. The number of methoxy groups -OCH3 is 1. The molecule has 2 unspecified atom stereocenters. The van der Waals surface area contributed by atoms with Crippen LogP contribution in [0, 0.1) is 43.5 Å². The second kappa shape index (κ2) is 18.2. The molecule has 0 spiro atoms. The summed E-state index contributed by atoms with van der Waals surface area (Å²) in [7, 11) is 1.57. The number of rotatable bonds is 13. The Hall–Kier alpha value is -5.88. The minimum absolute atomic E-state index is 0.0650. The molecule has 0 bridgehead atoms. The van der Waals surface area contributed by atoms with Crippen molar-refractivity contribution in [2.24, 2.45) is 17.8 Å². The molecule has 2 aliphatic rings. The normalized spacial score (nSPS) is 23.9. The van der Waals surface area contributed by atoms with Crippen LogP contribution >= 0.6 is 0 Å². The smallest absolute Gasteiger partial charge is 0.399 e. The summed E-state index contributed by atoms with van der Waals surface area (Å²) in [6.45, 7) is 33.3. The molecule has 0 amide bonds. The van der Waals surface area contributed by atoms with Gasteiger partial charge in [0, 0.05) is 13.8 Å². The van der Waals surface area contributed by atoms with Crippen molar-refractivity contribution >= 4 is 11.9 Å². The summed E-state index contributed by atoms with van der Waals surface area (Å²) in [5.41, 5.74) is -0.354. The van der Waals surface area contributed by atoms with Crippen LogP contribution in [-0.4, -0.2) is 60.2 Å². The summed E-state index contributed by atoms with van der Waals surface area (Å²) in [4.78, 5) is 40.8. The van der Waals surface area contributed by atoms with Crippen molar-refractivity contribution < 1.29 is 33.6 Å². The molecule has 54 heavy (non-hydrogen) atoms. The third-order valence-corrected chi connectivity index (χ3v) is 10.4. The summed E-state index contributed by atoms with van der Waals surface area (Å²) >= 11 is 0. The monoisotopic (exact) mass is 733 g/mol. The molecule has 0 heterocycles. The highest BCUT2D eigenvalue weighted by molar-refractivity contribution is 5.67. The zero-order valence-electron chi connectivity index (χ0n) is 31.4. The van der Waals surface area contributed by atoms with Gasteiger partial charge >= 0.3 is 40.5 Å². The fraction of sp³-hybridized carbons (Fsp3) is 0.442. The van der Waals surface area contributed by atoms with E-state index >= 15 is 0 Å². The fourth-order valence-corrected chi connectivity index (χ4v) is 7.65. The van der Waals surface area contributed by atoms with Gasteiger partial charge in [-0.3, -0.25) is 14.4 Å². The Morgan fingerprint density at radius 1 is 0.889 bits per heavy atom. The number of nitrogens with zero attached hydrogens (tertiary/aromatic N) is 4. The van der Waals surface area contributed by atoms with Crippen LogP contribution in [0.3, 0.4) is 0 Å². The molecule has 0 radical (unpaired) electrons. The van der Waals surface area contributed by atoms with E-state index in [2.05, 4.69) is 45.5 Å². The van der Waals surface area contributed by atoms with E-state index < -0.39 is 41.3 Å². The van der Waals surface area contributed by atoms with Crippen molar-refractivity contribution in [3.63, 3.8) is 0 Å². The largest absolute Gasteiger partial charge is 0.497 e. The maximum atomic E-state index is 12.1. The van der Waals surface area contributed by atoms with E-state index in [-0.39, 0.29) is 37.0 Å². The zero-order valence-corrected chi connectivity index (χ0v) is 31.4. The SMILES string of the molecule is [C-]#[N+]C(Cc1ccc(OC)cc1)(C(=C)[N+]#CCOc1ccc(CC([N+]#C)(C(=C)[N+]#C)[C@H]2C[C@@H](C)CC[C@@H]2OC(C)=O)cc1)[C@H]1C[C@@H](O)C=C[C@@H]1OC(C)=O. The van der Waals surface area contributed by atoms with Gasteiger partial charge in [-0.1, -0.05) is 42.1 Å². The number of hydrogen-bond acceptors (Lipinski definition) is 7. The zero-order chi connectivity index (χ0) is 39.5. The minimum atomic E-state index is -1.40. The van der Waals surface area contributed by atoms with Crippen LogP contribution in [0.1, 0.15) is 57.6 Å². The molecule has 0 aromatic heterocycles. The van der Waals surface area contributed by atoms with Gasteiger partial charge in [-0.15, -0.1) is 0 Å². The fourth-order valence-electron chi connectivity index (χ4n) is 7.65. The lowest BCUT2D eigenvalue weighted by molar-refractivity contribution is -0.152. The van der Waals surface area contributed by atoms with Gasteiger partial charge in [-0.05, 0) is 95.9 Å². The van der Waals surface area contributed by atoms with Crippen LogP contribution < -0.4 is 9.47 Å².